The molecular formula is C29H35ClN3O2S+. The molecule has 36 heavy (non-hydrogen) atoms. The minimum Gasteiger partial charge on any atom is -0.377 e. The largest absolute Gasteiger partial charge is 0.377 e. The fourth-order valence-corrected chi connectivity index (χ4v) is 8.62. The Morgan fingerprint density at radius 2 is 1.78 bits per heavy atom. The molecule has 0 unspecified atom stereocenters. The van der Waals surface area contributed by atoms with E-state index in [0.717, 1.165) is 72.8 Å². The van der Waals surface area contributed by atoms with Crippen molar-refractivity contribution in [2.24, 2.45) is 11.8 Å². The lowest BCUT2D eigenvalue weighted by atomic mass is 9.73. The molecular weight excluding hydrogens is 490 g/mol. The quantitative estimate of drug-likeness (QED) is 0.360. The summed E-state index contributed by atoms with van der Waals surface area (Å²) < 4.78 is 6.87. The SMILES string of the molecule is O[C@](c1ccccc1)(c1noc(C[N+]23CCC(CC2)[C@@H](Sc2cccc(Cl)c2)C3)n1)C1CCCCC1. The molecule has 4 heterocycles. The lowest BCUT2D eigenvalue weighted by molar-refractivity contribution is -0.955. The van der Waals surface area contributed by atoms with Gasteiger partial charge in [0, 0.05) is 22.8 Å². The number of aliphatic hydroxyl groups is 1. The molecule has 5 nitrogen and oxygen atoms in total. The fourth-order valence-electron chi connectivity index (χ4n) is 6.81. The van der Waals surface area contributed by atoms with Crippen LogP contribution in [0.5, 0.6) is 0 Å². The highest BCUT2D eigenvalue weighted by molar-refractivity contribution is 8.00. The first kappa shape index (κ1) is 24.5. The molecule has 1 N–H and O–H groups in total. The van der Waals surface area contributed by atoms with E-state index < -0.39 is 5.60 Å². The molecule has 3 aromatic rings. The predicted octanol–water partition coefficient (Wildman–Crippen LogP) is 6.44. The summed E-state index contributed by atoms with van der Waals surface area (Å²) in [5.41, 5.74) is -0.336. The number of quaternary nitrogens is 1. The molecule has 3 saturated heterocycles. The first-order chi connectivity index (χ1) is 17.5. The molecule has 3 aliphatic heterocycles. The second-order valence-corrected chi connectivity index (χ2v) is 12.8. The molecule has 190 valence electrons. The average Bonchev–Trinajstić information content (AvgIpc) is 3.38. The maximum absolute atomic E-state index is 12.2. The van der Waals surface area contributed by atoms with Crippen molar-refractivity contribution < 1.29 is 14.1 Å². The summed E-state index contributed by atoms with van der Waals surface area (Å²) in [6, 6.07) is 18.2. The zero-order chi connectivity index (χ0) is 24.6. The molecule has 7 rings (SSSR count). The zero-order valence-electron chi connectivity index (χ0n) is 20.7. The van der Waals surface area contributed by atoms with Crippen LogP contribution >= 0.6 is 23.4 Å². The van der Waals surface area contributed by atoms with Gasteiger partial charge in [-0.15, -0.1) is 11.8 Å². The number of thioether (sulfide) groups is 1. The van der Waals surface area contributed by atoms with E-state index in [1.807, 2.05) is 54.2 Å². The summed E-state index contributed by atoms with van der Waals surface area (Å²) in [6.45, 7) is 4.15. The molecule has 0 amide bonds. The van der Waals surface area contributed by atoms with Gasteiger partial charge in [0.25, 0.3) is 5.89 Å². The summed E-state index contributed by atoms with van der Waals surface area (Å²) in [6.07, 6.45) is 7.94. The number of rotatable bonds is 7. The molecule has 1 aromatic heterocycles. The highest BCUT2D eigenvalue weighted by Gasteiger charge is 2.48. The minimum absolute atomic E-state index is 0.107. The number of hydrogen-bond donors (Lipinski definition) is 1. The standard InChI is InChI=1S/C29H35ClN3O2S/c30-24-12-7-13-25(18-24)36-26-19-33(16-14-21(26)15-17-33)20-27-31-28(32-35-27)29(34,22-8-3-1-4-9-22)23-10-5-2-6-11-23/h1,3-4,7-9,12-13,18,21,23,26,34H,2,5-6,10-11,14-17,19-20H2/q+1/t21?,26-,29-,33?/m0/s1. The van der Waals surface area contributed by atoms with Gasteiger partial charge in [0.2, 0.25) is 5.82 Å². The highest BCUT2D eigenvalue weighted by atomic mass is 35.5. The monoisotopic (exact) mass is 524 g/mol. The Balaban J connectivity index is 1.23. The van der Waals surface area contributed by atoms with Gasteiger partial charge < -0.3 is 14.1 Å². The van der Waals surface area contributed by atoms with E-state index in [-0.39, 0.29) is 5.92 Å². The summed E-state index contributed by atoms with van der Waals surface area (Å²) in [4.78, 5) is 6.14. The Labute approximate surface area is 222 Å². The van der Waals surface area contributed by atoms with Crippen molar-refractivity contribution in [1.29, 1.82) is 0 Å². The van der Waals surface area contributed by atoms with E-state index in [1.165, 1.54) is 24.2 Å². The van der Waals surface area contributed by atoms with Crippen LogP contribution in [0, 0.1) is 11.8 Å². The first-order valence-electron chi connectivity index (χ1n) is 13.4. The van der Waals surface area contributed by atoms with Gasteiger partial charge in [-0.2, -0.15) is 4.98 Å². The van der Waals surface area contributed by atoms with Crippen molar-refractivity contribution in [3.63, 3.8) is 0 Å². The molecule has 2 atom stereocenters. The van der Waals surface area contributed by atoms with Crippen LogP contribution < -0.4 is 0 Å². The van der Waals surface area contributed by atoms with Gasteiger partial charge in [0.1, 0.15) is 0 Å². The van der Waals surface area contributed by atoms with Crippen LogP contribution in [0.1, 0.15) is 62.2 Å². The van der Waals surface area contributed by atoms with Crippen molar-refractivity contribution in [3.8, 4) is 0 Å². The topological polar surface area (TPSA) is 59.2 Å². The number of fused-ring (bicyclic) bond motifs is 3. The Morgan fingerprint density at radius 3 is 2.53 bits per heavy atom. The number of nitrogens with zero attached hydrogens (tertiary/aromatic N) is 3. The summed E-state index contributed by atoms with van der Waals surface area (Å²) >= 11 is 8.22. The molecule has 2 aromatic carbocycles. The third-order valence-electron chi connectivity index (χ3n) is 8.81. The first-order valence-corrected chi connectivity index (χ1v) is 14.7. The van der Waals surface area contributed by atoms with Gasteiger partial charge in [0.05, 0.1) is 24.9 Å². The number of benzene rings is 2. The van der Waals surface area contributed by atoms with E-state index in [1.54, 1.807) is 0 Å². The Hall–Kier alpha value is -1.86. The summed E-state index contributed by atoms with van der Waals surface area (Å²) in [7, 11) is 0. The molecule has 7 heteroatoms. The average molecular weight is 525 g/mol. The smallest absolute Gasteiger partial charge is 0.282 e. The van der Waals surface area contributed by atoms with Gasteiger partial charge in [-0.05, 0) is 48.4 Å². The van der Waals surface area contributed by atoms with Crippen LogP contribution in [0.4, 0.5) is 0 Å². The lowest BCUT2D eigenvalue weighted by Gasteiger charge is -2.51. The van der Waals surface area contributed by atoms with Crippen molar-refractivity contribution in [2.45, 2.75) is 67.2 Å². The highest BCUT2D eigenvalue weighted by Crippen LogP contribution is 2.45. The van der Waals surface area contributed by atoms with Crippen molar-refractivity contribution in [3.05, 3.63) is 76.9 Å². The predicted molar refractivity (Wildman–Crippen MR) is 143 cm³/mol. The van der Waals surface area contributed by atoms with Crippen LogP contribution in [0.3, 0.4) is 0 Å². The Kier molecular flexibility index (Phi) is 6.89. The van der Waals surface area contributed by atoms with E-state index in [4.69, 9.17) is 21.1 Å². The summed E-state index contributed by atoms with van der Waals surface area (Å²) in [5, 5.41) is 17.9. The Morgan fingerprint density at radius 1 is 1.00 bits per heavy atom. The molecule has 4 aliphatic rings. The molecule has 2 bridgehead atoms. The molecule has 0 radical (unpaired) electrons. The number of piperidine rings is 3. The van der Waals surface area contributed by atoms with Crippen LogP contribution in [0.2, 0.25) is 5.02 Å². The third-order valence-corrected chi connectivity index (χ3v) is 10.4. The Bertz CT molecular complexity index is 1170. The van der Waals surface area contributed by atoms with Gasteiger partial charge >= 0.3 is 0 Å². The molecule has 4 fully saturated rings. The second-order valence-electron chi connectivity index (χ2n) is 11.1. The third kappa shape index (κ3) is 4.73. The van der Waals surface area contributed by atoms with E-state index in [2.05, 4.69) is 17.3 Å². The number of hydrogen-bond acceptors (Lipinski definition) is 5. The van der Waals surface area contributed by atoms with Crippen molar-refractivity contribution in [1.82, 2.24) is 10.1 Å². The van der Waals surface area contributed by atoms with Gasteiger partial charge in [-0.1, -0.05) is 72.4 Å². The van der Waals surface area contributed by atoms with Gasteiger partial charge in [-0.3, -0.25) is 0 Å². The molecule has 0 spiro atoms. The summed E-state index contributed by atoms with van der Waals surface area (Å²) in [5.74, 6) is 1.95. The van der Waals surface area contributed by atoms with Crippen LogP contribution in [-0.2, 0) is 12.1 Å². The van der Waals surface area contributed by atoms with Gasteiger partial charge in [0.15, 0.2) is 12.1 Å². The van der Waals surface area contributed by atoms with E-state index >= 15 is 0 Å². The maximum Gasteiger partial charge on any atom is 0.282 e. The van der Waals surface area contributed by atoms with Crippen molar-refractivity contribution in [2.75, 3.05) is 19.6 Å². The van der Waals surface area contributed by atoms with Crippen LogP contribution in [0.15, 0.2) is 64.0 Å². The maximum atomic E-state index is 12.2. The van der Waals surface area contributed by atoms with Crippen molar-refractivity contribution >= 4 is 23.4 Å². The molecule has 1 saturated carbocycles. The minimum atomic E-state index is -1.21. The normalized spacial score (nSPS) is 28.2. The van der Waals surface area contributed by atoms with Crippen LogP contribution in [0.25, 0.3) is 0 Å². The fraction of sp³-hybridized carbons (Fsp3) is 0.517. The second kappa shape index (κ2) is 10.1. The molecule has 1 aliphatic carbocycles. The lowest BCUT2D eigenvalue weighted by Crippen LogP contribution is -2.62. The van der Waals surface area contributed by atoms with E-state index in [9.17, 15) is 5.11 Å². The van der Waals surface area contributed by atoms with Crippen LogP contribution in [-0.4, -0.2) is 44.6 Å². The number of halogens is 1. The van der Waals surface area contributed by atoms with Gasteiger partial charge in [-0.25, -0.2) is 0 Å². The zero-order valence-corrected chi connectivity index (χ0v) is 22.3. The number of aromatic nitrogens is 2. The van der Waals surface area contributed by atoms with E-state index in [0.29, 0.717) is 17.0 Å².